The summed E-state index contributed by atoms with van der Waals surface area (Å²) >= 11 is 0. The van der Waals surface area contributed by atoms with Gasteiger partial charge in [-0.05, 0) is 0 Å². The Hall–Kier alpha value is -1.22. The lowest BCUT2D eigenvalue weighted by molar-refractivity contribution is -0.365. The van der Waals surface area contributed by atoms with Crippen LogP contribution in [0.25, 0.3) is 0 Å². The number of hydrogen-bond acceptors (Lipinski definition) is 2. The highest BCUT2D eigenvalue weighted by molar-refractivity contribution is 7.86. The van der Waals surface area contributed by atoms with E-state index in [1.54, 1.807) is 0 Å². The molecular weight excluding hydrogens is 395 g/mol. The summed E-state index contributed by atoms with van der Waals surface area (Å²) in [6.45, 7) is 0. The average Bonchev–Trinajstić information content (AvgIpc) is 2.34. The topological polar surface area (TPSA) is 34.1 Å². The zero-order valence-electron chi connectivity index (χ0n) is 9.72. The minimum Gasteiger partial charge on any atom is -0.220 e. The molecule has 0 aromatic rings. The summed E-state index contributed by atoms with van der Waals surface area (Å²) in [5.41, 5.74) is -5.77. The molecule has 16 heteroatoms. The number of alkyl halides is 9. The first-order valence-electron chi connectivity index (χ1n) is 4.56. The number of rotatable bonds is 6. The SMILES string of the molecule is O=S(=O)(F)C(F)C(F)(F)C(F)(F)C(F)(F)C(F)(F)C(F)=C(F)F. The number of hydrogen-bond donors (Lipinski definition) is 0. The van der Waals surface area contributed by atoms with E-state index in [1.165, 1.54) is 0 Å². The molecule has 0 spiro atoms. The van der Waals surface area contributed by atoms with Crippen molar-refractivity contribution in [1.29, 1.82) is 0 Å². The minimum atomic E-state index is -7.80. The fraction of sp³-hybridized carbons (Fsp3) is 0.714. The third-order valence-electron chi connectivity index (χ3n) is 2.18. The zero-order valence-corrected chi connectivity index (χ0v) is 10.5. The van der Waals surface area contributed by atoms with Gasteiger partial charge in [-0.3, -0.25) is 0 Å². The first kappa shape index (κ1) is 21.8. The molecule has 0 aromatic heterocycles. The minimum absolute atomic E-state index is 4.30. The van der Waals surface area contributed by atoms with E-state index in [0.717, 1.165) is 0 Å². The second kappa shape index (κ2) is 5.70. The van der Waals surface area contributed by atoms with E-state index in [1.807, 2.05) is 0 Å². The van der Waals surface area contributed by atoms with Crippen LogP contribution in [-0.2, 0) is 10.2 Å². The molecule has 0 aliphatic carbocycles. The Balaban J connectivity index is 6.34. The molecule has 0 heterocycles. The monoisotopic (exact) mass is 396 g/mol. The van der Waals surface area contributed by atoms with Crippen LogP contribution < -0.4 is 0 Å². The van der Waals surface area contributed by atoms with Gasteiger partial charge in [0, 0.05) is 0 Å². The van der Waals surface area contributed by atoms with Crippen LogP contribution in [0.2, 0.25) is 0 Å². The summed E-state index contributed by atoms with van der Waals surface area (Å²) in [5.74, 6) is -34.8. The summed E-state index contributed by atoms with van der Waals surface area (Å²) in [5, 5.41) is 0. The normalized spacial score (nSPS) is 16.2. The maximum atomic E-state index is 12.8. The van der Waals surface area contributed by atoms with E-state index in [-0.39, 0.29) is 0 Å². The fourth-order valence-electron chi connectivity index (χ4n) is 0.982. The van der Waals surface area contributed by atoms with Crippen molar-refractivity contribution >= 4 is 10.2 Å². The van der Waals surface area contributed by atoms with Crippen molar-refractivity contribution < 1.29 is 65.0 Å². The average molecular weight is 396 g/mol. The summed E-state index contributed by atoms with van der Waals surface area (Å²) in [4.78, 5) is 0. The highest BCUT2D eigenvalue weighted by atomic mass is 32.3. The molecule has 23 heavy (non-hydrogen) atoms. The number of allylic oxidation sites excluding steroid dienone is 1. The second-order valence-electron chi connectivity index (χ2n) is 3.71. The van der Waals surface area contributed by atoms with Gasteiger partial charge in [0.1, 0.15) is 0 Å². The maximum Gasteiger partial charge on any atom is 0.385 e. The molecule has 2 nitrogen and oxygen atoms in total. The van der Waals surface area contributed by atoms with Crippen molar-refractivity contribution in [2.45, 2.75) is 29.2 Å². The standard InChI is InChI=1S/C7HF13O2S/c8-1(2(9)10)4(12,13)6(16,17)7(18,19)5(14,15)3(11)23(20,21)22/h3H. The molecule has 0 fully saturated rings. The largest absolute Gasteiger partial charge is 0.385 e. The third kappa shape index (κ3) is 3.21. The van der Waals surface area contributed by atoms with Gasteiger partial charge in [0.2, 0.25) is 5.83 Å². The Morgan fingerprint density at radius 2 is 1.13 bits per heavy atom. The lowest BCUT2D eigenvalue weighted by Crippen LogP contribution is -2.65. The summed E-state index contributed by atoms with van der Waals surface area (Å²) in [7, 11) is -7.31. The van der Waals surface area contributed by atoms with Gasteiger partial charge in [-0.2, -0.15) is 56.7 Å². The first-order chi connectivity index (χ1) is 9.76. The first-order valence-corrected chi connectivity index (χ1v) is 6.01. The van der Waals surface area contributed by atoms with Crippen LogP contribution in [0.4, 0.5) is 56.6 Å². The van der Waals surface area contributed by atoms with Crippen molar-refractivity contribution in [3.8, 4) is 0 Å². The Bertz CT molecular complexity index is 587. The molecule has 0 aliphatic rings. The predicted octanol–water partition coefficient (Wildman–Crippen LogP) is 4.20. The third-order valence-corrected chi connectivity index (χ3v) is 2.97. The van der Waals surface area contributed by atoms with E-state index >= 15 is 0 Å². The quantitative estimate of drug-likeness (QED) is 0.498. The van der Waals surface area contributed by atoms with Gasteiger partial charge in [-0.25, -0.2) is 4.39 Å². The molecular formula is C7HF13O2S. The van der Waals surface area contributed by atoms with Crippen LogP contribution in [0.15, 0.2) is 11.9 Å². The van der Waals surface area contributed by atoms with Gasteiger partial charge in [0.05, 0.1) is 0 Å². The highest BCUT2D eigenvalue weighted by Gasteiger charge is 2.85. The van der Waals surface area contributed by atoms with Gasteiger partial charge in [-0.15, -0.1) is 3.89 Å². The molecule has 0 bridgehead atoms. The molecule has 1 atom stereocenters. The van der Waals surface area contributed by atoms with Gasteiger partial charge in [-0.1, -0.05) is 0 Å². The molecule has 0 radical (unpaired) electrons. The van der Waals surface area contributed by atoms with Gasteiger partial charge in [0.15, 0.2) is 0 Å². The fourth-order valence-corrected chi connectivity index (χ4v) is 1.48. The van der Waals surface area contributed by atoms with Crippen molar-refractivity contribution in [1.82, 2.24) is 0 Å². The predicted molar refractivity (Wildman–Crippen MR) is 45.1 cm³/mol. The van der Waals surface area contributed by atoms with Crippen molar-refractivity contribution in [3.05, 3.63) is 11.9 Å². The van der Waals surface area contributed by atoms with Gasteiger partial charge >= 0.3 is 40.0 Å². The number of halogens is 13. The summed E-state index contributed by atoms with van der Waals surface area (Å²) in [6.07, 6.45) is -4.30. The van der Waals surface area contributed by atoms with Crippen LogP contribution in [0.1, 0.15) is 0 Å². The van der Waals surface area contributed by atoms with E-state index in [2.05, 4.69) is 0 Å². The molecule has 0 saturated carbocycles. The Morgan fingerprint density at radius 3 is 1.39 bits per heavy atom. The Kier molecular flexibility index (Phi) is 5.39. The molecule has 0 saturated heterocycles. The van der Waals surface area contributed by atoms with Crippen molar-refractivity contribution in [3.63, 3.8) is 0 Å². The van der Waals surface area contributed by atoms with Crippen LogP contribution in [-0.4, -0.2) is 37.6 Å². The van der Waals surface area contributed by atoms with E-state index in [9.17, 15) is 65.0 Å². The Morgan fingerprint density at radius 1 is 0.783 bits per heavy atom. The lowest BCUT2D eigenvalue weighted by atomic mass is 9.98. The van der Waals surface area contributed by atoms with Crippen molar-refractivity contribution in [2.75, 3.05) is 0 Å². The van der Waals surface area contributed by atoms with E-state index in [4.69, 9.17) is 0 Å². The van der Waals surface area contributed by atoms with Crippen molar-refractivity contribution in [2.24, 2.45) is 0 Å². The lowest BCUT2D eigenvalue weighted by Gasteiger charge is -2.36. The molecule has 0 N–H and O–H groups in total. The molecule has 0 rings (SSSR count). The molecule has 0 aromatic carbocycles. The maximum absolute atomic E-state index is 12.8. The van der Waals surface area contributed by atoms with Crippen LogP contribution in [0.5, 0.6) is 0 Å². The molecule has 1 unspecified atom stereocenters. The van der Waals surface area contributed by atoms with Crippen LogP contribution in [0, 0.1) is 0 Å². The smallest absolute Gasteiger partial charge is 0.220 e. The van der Waals surface area contributed by atoms with Crippen LogP contribution >= 0.6 is 0 Å². The summed E-state index contributed by atoms with van der Waals surface area (Å²) < 4.78 is 181. The molecule has 0 amide bonds. The summed E-state index contributed by atoms with van der Waals surface area (Å²) in [6, 6.07) is 0. The van der Waals surface area contributed by atoms with Gasteiger partial charge < -0.3 is 0 Å². The van der Waals surface area contributed by atoms with E-state index < -0.39 is 51.3 Å². The zero-order chi connectivity index (χ0) is 19.2. The molecule has 0 aliphatic heterocycles. The van der Waals surface area contributed by atoms with E-state index in [0.29, 0.717) is 0 Å². The van der Waals surface area contributed by atoms with Crippen LogP contribution in [0.3, 0.4) is 0 Å². The Labute approximate surface area is 117 Å². The molecule has 138 valence electrons. The van der Waals surface area contributed by atoms with Gasteiger partial charge in [0.25, 0.3) is 5.50 Å². The second-order valence-corrected chi connectivity index (χ2v) is 5.08. The highest BCUT2D eigenvalue weighted by Crippen LogP contribution is 2.57.